The van der Waals surface area contributed by atoms with Gasteiger partial charge in [0.1, 0.15) is 0 Å². The molecule has 0 fully saturated rings. The fourth-order valence-corrected chi connectivity index (χ4v) is 5.83. The van der Waals surface area contributed by atoms with Crippen molar-refractivity contribution >= 4 is 37.5 Å². The second kappa shape index (κ2) is 13.5. The lowest BCUT2D eigenvalue weighted by atomic mass is 10.2. The molecule has 0 radical (unpaired) electrons. The number of amides is 1. The molecular weight excluding hydrogens is 574 g/mol. The highest BCUT2D eigenvalue weighted by atomic mass is 32.2. The van der Waals surface area contributed by atoms with Gasteiger partial charge in [0.15, 0.2) is 5.82 Å². The van der Waals surface area contributed by atoms with E-state index in [9.17, 15) is 21.6 Å². The third-order valence-electron chi connectivity index (χ3n) is 5.44. The van der Waals surface area contributed by atoms with E-state index in [-0.39, 0.29) is 64.7 Å². The maximum atomic E-state index is 12.9. The second-order valence-corrected chi connectivity index (χ2v) is 11.7. The number of nitriles is 2. The summed E-state index contributed by atoms with van der Waals surface area (Å²) in [6.45, 7) is -0.128. The minimum Gasteiger partial charge on any atom is -0.481 e. The number of nitrogens with zero attached hydrogens (tertiary/aromatic N) is 5. The van der Waals surface area contributed by atoms with Crippen LogP contribution in [0.2, 0.25) is 0 Å². The van der Waals surface area contributed by atoms with E-state index >= 15 is 0 Å². The van der Waals surface area contributed by atoms with E-state index in [1.54, 1.807) is 0 Å². The van der Waals surface area contributed by atoms with Crippen molar-refractivity contribution in [3.63, 3.8) is 0 Å². The number of anilines is 2. The number of carbonyl (C=O) groups excluding carboxylic acids is 1. The molecule has 41 heavy (non-hydrogen) atoms. The maximum absolute atomic E-state index is 12.9. The van der Waals surface area contributed by atoms with Gasteiger partial charge in [-0.2, -0.15) is 24.8 Å². The summed E-state index contributed by atoms with van der Waals surface area (Å²) in [4.78, 5) is 20.4. The Morgan fingerprint density at radius 1 is 0.878 bits per heavy atom. The molecule has 16 heteroatoms. The molecule has 0 aliphatic heterocycles. The molecule has 0 bridgehead atoms. The summed E-state index contributed by atoms with van der Waals surface area (Å²) in [7, 11) is -5.36. The Bertz CT molecular complexity index is 1640. The van der Waals surface area contributed by atoms with Crippen LogP contribution in [0.3, 0.4) is 0 Å². The first-order chi connectivity index (χ1) is 19.5. The molecule has 1 amide bonds. The first-order valence-electron chi connectivity index (χ1n) is 11.8. The minimum absolute atomic E-state index is 0.0363. The van der Waals surface area contributed by atoms with Crippen LogP contribution in [0.1, 0.15) is 23.2 Å². The van der Waals surface area contributed by atoms with E-state index in [1.165, 1.54) is 68.8 Å². The molecule has 0 saturated heterocycles. The number of hydrogen-bond acceptors (Lipinski definition) is 11. The van der Waals surface area contributed by atoms with Crippen molar-refractivity contribution in [3.05, 3.63) is 60.2 Å². The summed E-state index contributed by atoms with van der Waals surface area (Å²) >= 11 is 0. The summed E-state index contributed by atoms with van der Waals surface area (Å²) in [5, 5.41) is 20.3. The first kappa shape index (κ1) is 30.8. The van der Waals surface area contributed by atoms with Gasteiger partial charge in [-0.05, 0) is 48.5 Å². The van der Waals surface area contributed by atoms with Crippen LogP contribution in [0.25, 0.3) is 0 Å². The Morgan fingerprint density at radius 2 is 1.46 bits per heavy atom. The van der Waals surface area contributed by atoms with E-state index in [0.29, 0.717) is 0 Å². The lowest BCUT2D eigenvalue weighted by molar-refractivity contribution is 0.102. The van der Waals surface area contributed by atoms with Gasteiger partial charge in [0.2, 0.25) is 15.9 Å². The molecular formula is C25H25N7O7S2. The molecule has 2 aromatic carbocycles. The highest BCUT2D eigenvalue weighted by Crippen LogP contribution is 2.22. The second-order valence-electron chi connectivity index (χ2n) is 8.11. The third kappa shape index (κ3) is 7.89. The van der Waals surface area contributed by atoms with E-state index in [4.69, 9.17) is 20.0 Å². The van der Waals surface area contributed by atoms with Crippen LogP contribution >= 0.6 is 0 Å². The van der Waals surface area contributed by atoms with Crippen molar-refractivity contribution in [3.8, 4) is 24.0 Å². The smallest absolute Gasteiger partial charge is 0.321 e. The van der Waals surface area contributed by atoms with Crippen molar-refractivity contribution in [2.45, 2.75) is 22.6 Å². The topological polar surface area (TPSA) is 204 Å². The Kier molecular flexibility index (Phi) is 10.2. The lowest BCUT2D eigenvalue weighted by Gasteiger charge is -2.20. The summed E-state index contributed by atoms with van der Waals surface area (Å²) in [6.07, 6.45) is -0.0726. The van der Waals surface area contributed by atoms with Crippen LogP contribution in [0.5, 0.6) is 11.9 Å². The SMILES string of the molecule is COc1cc(NS(=O)(=O)c2ccc(NC(=O)c3ccc(S(=O)(=O)N(CCC#N)CCC#N)cc3)cc2)nc(OC)n1. The van der Waals surface area contributed by atoms with Gasteiger partial charge in [0, 0.05) is 43.2 Å². The lowest BCUT2D eigenvalue weighted by Crippen LogP contribution is -2.32. The number of methoxy groups -OCH3 is 2. The van der Waals surface area contributed by atoms with Gasteiger partial charge in [-0.1, -0.05) is 0 Å². The van der Waals surface area contributed by atoms with Crippen molar-refractivity contribution < 1.29 is 31.1 Å². The number of carbonyl (C=O) groups is 1. The average molecular weight is 600 g/mol. The molecule has 3 rings (SSSR count). The van der Waals surface area contributed by atoms with E-state index in [0.717, 1.165) is 4.31 Å². The normalized spacial score (nSPS) is 11.2. The third-order valence-corrected chi connectivity index (χ3v) is 8.72. The van der Waals surface area contributed by atoms with Crippen LogP contribution in [0, 0.1) is 22.7 Å². The Labute approximate surface area is 237 Å². The fourth-order valence-electron chi connectivity index (χ4n) is 3.40. The zero-order valence-electron chi connectivity index (χ0n) is 21.9. The van der Waals surface area contributed by atoms with Crippen molar-refractivity contribution in [1.29, 1.82) is 10.5 Å². The molecule has 214 valence electrons. The number of ether oxygens (including phenoxy) is 2. The summed E-state index contributed by atoms with van der Waals surface area (Å²) < 4.78 is 64.8. The molecule has 0 spiro atoms. The number of sulfonamides is 2. The van der Waals surface area contributed by atoms with Gasteiger partial charge in [-0.25, -0.2) is 16.8 Å². The monoisotopic (exact) mass is 599 g/mol. The molecule has 0 unspecified atom stereocenters. The summed E-state index contributed by atoms with van der Waals surface area (Å²) in [5.41, 5.74) is 0.435. The number of rotatable bonds is 13. The van der Waals surface area contributed by atoms with Crippen molar-refractivity contribution in [1.82, 2.24) is 14.3 Å². The van der Waals surface area contributed by atoms with Crippen molar-refractivity contribution in [2.75, 3.05) is 37.3 Å². The number of hydrogen-bond donors (Lipinski definition) is 2. The predicted octanol–water partition coefficient (Wildman–Crippen LogP) is 2.36. The number of benzene rings is 2. The zero-order chi connectivity index (χ0) is 30.0. The first-order valence-corrected chi connectivity index (χ1v) is 14.7. The predicted molar refractivity (Wildman–Crippen MR) is 146 cm³/mol. The Balaban J connectivity index is 1.71. The van der Waals surface area contributed by atoms with Crippen molar-refractivity contribution in [2.24, 2.45) is 0 Å². The molecule has 3 aromatic rings. The minimum atomic E-state index is -4.06. The fraction of sp³-hybridized carbons (Fsp3) is 0.240. The van der Waals surface area contributed by atoms with Gasteiger partial charge < -0.3 is 14.8 Å². The van der Waals surface area contributed by atoms with Crippen LogP contribution in [0.15, 0.2) is 64.4 Å². The molecule has 0 saturated carbocycles. The van der Waals surface area contributed by atoms with E-state index in [2.05, 4.69) is 20.0 Å². The van der Waals surface area contributed by atoms with Gasteiger partial charge in [-0.3, -0.25) is 9.52 Å². The van der Waals surface area contributed by atoms with Crippen LogP contribution in [-0.2, 0) is 20.0 Å². The molecule has 0 aliphatic carbocycles. The number of nitrogens with one attached hydrogen (secondary N) is 2. The van der Waals surface area contributed by atoms with E-state index in [1.807, 2.05) is 12.1 Å². The highest BCUT2D eigenvalue weighted by molar-refractivity contribution is 7.92. The molecule has 1 aromatic heterocycles. The van der Waals surface area contributed by atoms with Crippen LogP contribution in [-0.4, -0.2) is 64.3 Å². The standard InChI is InChI=1S/C25H25N7O7S2/c1-38-23-17-22(29-25(30-23)39-2)31-40(34,35)20-11-7-19(8-12-20)28-24(33)18-5-9-21(10-6-18)41(36,37)32(15-3-13-26)16-4-14-27/h5-12,17H,3-4,15-16H2,1-2H3,(H,28,33)(H,29,30,31). The molecule has 14 nitrogen and oxygen atoms in total. The molecule has 1 heterocycles. The maximum Gasteiger partial charge on any atom is 0.321 e. The largest absolute Gasteiger partial charge is 0.481 e. The van der Waals surface area contributed by atoms with Crippen LogP contribution < -0.4 is 19.5 Å². The quantitative estimate of drug-likeness (QED) is 0.292. The average Bonchev–Trinajstić information content (AvgIpc) is 2.96. The zero-order valence-corrected chi connectivity index (χ0v) is 23.6. The Morgan fingerprint density at radius 3 is 2.00 bits per heavy atom. The van der Waals surface area contributed by atoms with E-state index < -0.39 is 26.0 Å². The molecule has 2 N–H and O–H groups in total. The number of aromatic nitrogens is 2. The van der Waals surface area contributed by atoms with Crippen LogP contribution in [0.4, 0.5) is 11.5 Å². The summed E-state index contributed by atoms with van der Waals surface area (Å²) in [6, 6.07) is 15.4. The summed E-state index contributed by atoms with van der Waals surface area (Å²) in [5.74, 6) is -0.544. The molecule has 0 atom stereocenters. The molecule has 0 aliphatic rings. The Hall–Kier alpha value is -4.77. The van der Waals surface area contributed by atoms with Gasteiger partial charge >= 0.3 is 6.01 Å². The van der Waals surface area contributed by atoms with Gasteiger partial charge in [0.25, 0.3) is 15.9 Å². The highest BCUT2D eigenvalue weighted by Gasteiger charge is 2.24. The van der Waals surface area contributed by atoms with Gasteiger partial charge in [-0.15, -0.1) is 0 Å². The van der Waals surface area contributed by atoms with Gasteiger partial charge in [0.05, 0.1) is 36.1 Å².